The number of aromatic amines is 2. The molecule has 10 aromatic rings. The van der Waals surface area contributed by atoms with Crippen LogP contribution in [0.25, 0.3) is 22.1 Å². The van der Waals surface area contributed by atoms with Crippen LogP contribution in [0.4, 0.5) is 36.8 Å². The zero-order valence-corrected chi connectivity index (χ0v) is 81.2. The van der Waals surface area contributed by atoms with Gasteiger partial charge in [0.2, 0.25) is 35.3 Å². The minimum absolute atomic E-state index is 0.00792. The Kier molecular flexibility index (Phi) is 33.9. The number of pyridine rings is 4. The van der Waals surface area contributed by atoms with Gasteiger partial charge >= 0.3 is 30.2 Å². The smallest absolute Gasteiger partial charge is 0.405 e. The van der Waals surface area contributed by atoms with Crippen LogP contribution in [0.3, 0.4) is 0 Å². The third-order valence-electron chi connectivity index (χ3n) is 26.0. The summed E-state index contributed by atoms with van der Waals surface area (Å²) in [5.41, 5.74) is 10.7. The van der Waals surface area contributed by atoms with Gasteiger partial charge in [-0.2, -0.15) is 73.1 Å². The van der Waals surface area contributed by atoms with Crippen LogP contribution in [-0.4, -0.2) is 334 Å². The summed E-state index contributed by atoms with van der Waals surface area (Å²) in [6, 6.07) is 17.9. The summed E-state index contributed by atoms with van der Waals surface area (Å²) in [6.45, 7) is 13.8. The number of hydrogen-bond acceptors (Lipinski definition) is 38. The summed E-state index contributed by atoms with van der Waals surface area (Å²) in [7, 11) is -0.0869. The second kappa shape index (κ2) is 47.8. The molecule has 4 amide bonds. The molecule has 0 spiro atoms. The van der Waals surface area contributed by atoms with E-state index in [-0.39, 0.29) is 114 Å². The fraction of sp³-hybridized carbons (Fsp3) is 0.558. The molecule has 8 fully saturated rings. The van der Waals surface area contributed by atoms with Crippen molar-refractivity contribution < 1.29 is 88.1 Å². The Balaban J connectivity index is 0.000000131. The lowest BCUT2D eigenvalue weighted by Crippen LogP contribution is -2.49. The van der Waals surface area contributed by atoms with Crippen molar-refractivity contribution in [3.8, 4) is 24.0 Å². The number of ether oxygens (including phenoxy) is 10. The molecular formula is C95H119F3N28O16S. The van der Waals surface area contributed by atoms with Crippen LogP contribution in [0.15, 0.2) is 95.6 Å². The highest BCUT2D eigenvalue weighted by Gasteiger charge is 2.38. The van der Waals surface area contributed by atoms with Crippen LogP contribution in [0.5, 0.6) is 24.0 Å². The van der Waals surface area contributed by atoms with E-state index in [1.807, 2.05) is 54.4 Å². The highest BCUT2D eigenvalue weighted by atomic mass is 32.2. The van der Waals surface area contributed by atoms with Crippen LogP contribution in [-0.2, 0) is 51.3 Å². The van der Waals surface area contributed by atoms with Gasteiger partial charge in [0, 0.05) is 200 Å². The van der Waals surface area contributed by atoms with Crippen molar-refractivity contribution in [2.45, 2.75) is 171 Å². The number of piperidine rings is 4. The van der Waals surface area contributed by atoms with E-state index in [1.165, 1.54) is 18.2 Å². The van der Waals surface area contributed by atoms with E-state index in [4.69, 9.17) is 52.4 Å². The molecule has 48 heteroatoms. The van der Waals surface area contributed by atoms with E-state index in [0.717, 1.165) is 205 Å². The fourth-order valence-electron chi connectivity index (χ4n) is 18.6. The summed E-state index contributed by atoms with van der Waals surface area (Å²) in [6.07, 6.45) is 17.9. The molecule has 0 radical (unpaired) electrons. The summed E-state index contributed by atoms with van der Waals surface area (Å²) in [5.74, 6) is 0.282. The van der Waals surface area contributed by atoms with E-state index in [9.17, 15) is 40.8 Å². The number of aromatic nitrogens is 18. The standard InChI is InChI=1S/C25H32N6O5S.C24H32N8O4.C24H29N7O4.C22H26F3N7O3/c1-37(33,34)13-9-27-24(32)21-14-22(30-25(29-21)36-16-18-4-3-12-35-18)31-10-6-17(7-11-31)20-15-28-23-19(20)5-2-8-26-23;1-15(14-34-2)36-24-28-21(22(33)26-13-17-5-4-12-35-17)27-23(29-24)32-10-7-16(8-11-32)19-18-6-3-9-25-20(18)31-30-19;32-22(27-16-12-33-13-16)21-28-23(30-24(29-21)35-14-17-3-2-10-34-17)31-8-5-15(6-9-31)20-18-4-1-7-25-19(18)11-26-20;1-13(11-34-2)35-21-30-18(19(33)28-12-22(23,24)25)29-20(31-21)32-8-5-14(6-9-32)17-15-4-3-7-26-16(15)10-27-17/h2,5,8,14-15,17-18H,3-4,6-7,9-13,16H2,1H3,(H,26,28)(H,27,32);3,6,9,15-17H,4-5,7-8,10-14H2,1-2H3,(H,26,33)(H,25,30,31);1,4,7,15-17H,2-3,5-6,8-14H2,(H,27,32);3-4,7,13-14H,5-6,8-12H2,1-2H3,(H,28,33)/t18-;15-,17-;17-;13-/m1111/s1. The zero-order chi connectivity index (χ0) is 99.4. The van der Waals surface area contributed by atoms with Gasteiger partial charge in [-0.1, -0.05) is 0 Å². The number of hydrogen-bond donors (Lipinski definition) is 6. The summed E-state index contributed by atoms with van der Waals surface area (Å²) in [5, 5.41) is 19.9. The first-order valence-electron chi connectivity index (χ1n) is 48.7. The number of alkyl halides is 3. The molecule has 10 aromatic heterocycles. The molecule has 8 saturated heterocycles. The maximum absolute atomic E-state index is 12.9. The maximum Gasteiger partial charge on any atom is 0.405 e. The first-order chi connectivity index (χ1) is 69.4. The molecule has 5 atom stereocenters. The van der Waals surface area contributed by atoms with Crippen molar-refractivity contribution in [3.05, 3.63) is 143 Å². The largest absolute Gasteiger partial charge is 0.461 e. The van der Waals surface area contributed by atoms with Crippen LogP contribution in [0, 0.1) is 11.8 Å². The number of rotatable bonds is 33. The lowest BCUT2D eigenvalue weighted by Gasteiger charge is -2.33. The molecule has 20 heterocycles. The Hall–Kier alpha value is -13.2. The van der Waals surface area contributed by atoms with Gasteiger partial charge < -0.3 is 93.2 Å². The Morgan fingerprint density at radius 2 is 1.01 bits per heavy atom. The predicted octanol–water partition coefficient (Wildman–Crippen LogP) is 7.28. The maximum atomic E-state index is 12.9. The molecule has 10 aliphatic rings. The van der Waals surface area contributed by atoms with Crippen molar-refractivity contribution in [3.63, 3.8) is 0 Å². The highest BCUT2D eigenvalue weighted by molar-refractivity contribution is 7.90. The second-order valence-corrected chi connectivity index (χ2v) is 38.9. The van der Waals surface area contributed by atoms with Crippen LogP contribution < -0.4 is 59.8 Å². The number of carbonyl (C=O) groups excluding carboxylic acids is 4. The lowest BCUT2D eigenvalue weighted by molar-refractivity contribution is -0.123. The molecule has 0 aromatic carbocycles. The van der Waals surface area contributed by atoms with E-state index in [0.29, 0.717) is 108 Å². The van der Waals surface area contributed by atoms with Crippen molar-refractivity contribution in [2.24, 2.45) is 21.8 Å². The molecule has 0 saturated carbocycles. The Labute approximate surface area is 823 Å². The Morgan fingerprint density at radius 3 is 1.53 bits per heavy atom. The highest BCUT2D eigenvalue weighted by Crippen LogP contribution is 2.38. The number of nitrogens with one attached hydrogen (secondary N) is 6. The molecule has 6 N–H and O–H groups in total. The molecule has 0 aliphatic carbocycles. The number of nitrogens with zero attached hydrogens (tertiary/aromatic N) is 22. The van der Waals surface area contributed by atoms with E-state index in [1.54, 1.807) is 44.0 Å². The lowest BCUT2D eigenvalue weighted by atomic mass is 9.88. The topological polar surface area (TPSA) is 518 Å². The van der Waals surface area contributed by atoms with Gasteiger partial charge in [0.15, 0.2) is 5.65 Å². The molecule has 0 bridgehead atoms. The van der Waals surface area contributed by atoms with Crippen molar-refractivity contribution in [1.82, 2.24) is 111 Å². The van der Waals surface area contributed by atoms with Gasteiger partial charge in [-0.3, -0.25) is 44.2 Å². The normalized spacial score (nSPS) is 19.5. The monoisotopic (exact) mass is 2000 g/mol. The van der Waals surface area contributed by atoms with E-state index >= 15 is 0 Å². The van der Waals surface area contributed by atoms with E-state index in [2.05, 4.69) is 144 Å². The van der Waals surface area contributed by atoms with E-state index < -0.39 is 46.3 Å². The molecule has 10 aliphatic heterocycles. The van der Waals surface area contributed by atoms with Gasteiger partial charge in [0.05, 0.1) is 81.0 Å². The quantitative estimate of drug-likeness (QED) is 0.0235. The molecule has 44 nitrogen and oxygen atoms in total. The van der Waals surface area contributed by atoms with Gasteiger partial charge in [0.25, 0.3) is 23.6 Å². The third kappa shape index (κ3) is 27.2. The molecule has 143 heavy (non-hydrogen) atoms. The number of H-pyrrole nitrogens is 2. The minimum atomic E-state index is -4.56. The van der Waals surface area contributed by atoms with Gasteiger partial charge in [-0.25, -0.2) is 18.4 Å². The number of sulfone groups is 1. The summed E-state index contributed by atoms with van der Waals surface area (Å²) >= 11 is 0. The van der Waals surface area contributed by atoms with Gasteiger partial charge in [0.1, 0.15) is 59.0 Å². The average Bonchev–Trinajstić information content (AvgIpc) is 1.75. The fourth-order valence-corrected chi connectivity index (χ4v) is 19.1. The zero-order valence-electron chi connectivity index (χ0n) is 80.4. The number of aliphatic imine (C=N–C) groups is 2. The third-order valence-corrected chi connectivity index (χ3v) is 27.0. The van der Waals surface area contributed by atoms with Crippen LogP contribution in [0.2, 0.25) is 0 Å². The molecule has 0 unspecified atom stereocenters. The molecular weight excluding hydrogens is 1880 g/mol. The first-order valence-corrected chi connectivity index (χ1v) is 50.7. The average molecular weight is 2000 g/mol. The number of halogens is 3. The van der Waals surface area contributed by atoms with Gasteiger partial charge in [-0.05, 0) is 164 Å². The molecule has 762 valence electrons. The van der Waals surface area contributed by atoms with Crippen molar-refractivity contribution in [2.75, 3.05) is 177 Å². The second-order valence-electron chi connectivity index (χ2n) is 36.6. The Morgan fingerprint density at radius 1 is 0.524 bits per heavy atom. The number of amides is 4. The predicted molar refractivity (Wildman–Crippen MR) is 515 cm³/mol. The van der Waals surface area contributed by atoms with Crippen LogP contribution >= 0.6 is 0 Å². The number of fused-ring (bicyclic) bond motifs is 4. The Bertz CT molecular complexity index is 6200. The first kappa shape index (κ1) is 101. The minimum Gasteiger partial charge on any atom is -0.461 e. The van der Waals surface area contributed by atoms with Crippen molar-refractivity contribution >= 4 is 90.6 Å². The van der Waals surface area contributed by atoms with Crippen LogP contribution in [0.1, 0.15) is 192 Å². The number of methoxy groups -OCH3 is 2. The summed E-state index contributed by atoms with van der Waals surface area (Å²) in [4.78, 5) is 137. The summed E-state index contributed by atoms with van der Waals surface area (Å²) < 4.78 is 116. The van der Waals surface area contributed by atoms with Gasteiger partial charge in [-0.15, -0.1) is 0 Å². The SMILES string of the molecule is COC[C@@H](C)Oc1nc(C(=O)NCC(F)(F)F)nc(N2CCC(C3=NCc4ncccc43)CC2)n1.COC[C@@H](C)Oc1nc(C(=O)NC[C@H]2CCCO2)nc(N2CCC(c3[nH]nc4ncccc34)CC2)n1.CS(=O)(=O)CCNC(=O)c1cc(N2CCC(c3c[nH]c4ncccc34)CC2)nc(OC[C@H]2CCCO2)n1.O=C(NC1COC1)c1nc(OC[C@H]2CCCO2)nc(N2CCC(C3=NCc4ncccc43)CC2)n1. The number of carbonyl (C=O) groups is 4. The molecule has 20 rings (SSSR count). The number of anilines is 4. The van der Waals surface area contributed by atoms with Crippen molar-refractivity contribution in [1.29, 1.82) is 0 Å².